The van der Waals surface area contributed by atoms with Crippen LogP contribution in [0.1, 0.15) is 18.4 Å². The lowest BCUT2D eigenvalue weighted by atomic mass is 10.1. The Morgan fingerprint density at radius 2 is 1.93 bits per heavy atom. The first-order chi connectivity index (χ1) is 13.7. The van der Waals surface area contributed by atoms with Crippen LogP contribution in [0.3, 0.4) is 0 Å². The number of rotatable bonds is 5. The number of hydrogen-bond acceptors (Lipinski definition) is 5. The molecule has 0 N–H and O–H groups in total. The van der Waals surface area contributed by atoms with E-state index >= 15 is 0 Å². The lowest BCUT2D eigenvalue weighted by molar-refractivity contribution is -0.132. The fraction of sp³-hybridized carbons (Fsp3) is 0.300. The highest BCUT2D eigenvalue weighted by Crippen LogP contribution is 2.20. The van der Waals surface area contributed by atoms with Crippen molar-refractivity contribution < 1.29 is 13.9 Å². The zero-order valence-electron chi connectivity index (χ0n) is 15.2. The molecule has 1 amide bonds. The number of amides is 1. The number of likely N-dealkylation sites (tertiary alicyclic amines) is 1. The number of hydrogen-bond donors (Lipinski definition) is 0. The molecule has 144 valence electrons. The van der Waals surface area contributed by atoms with Gasteiger partial charge in [-0.2, -0.15) is 0 Å². The average molecular weight is 381 g/mol. The number of carbonyl (C=O) groups is 1. The van der Waals surface area contributed by atoms with Gasteiger partial charge in [-0.25, -0.2) is 9.07 Å². The molecule has 0 aliphatic carbocycles. The van der Waals surface area contributed by atoms with Crippen molar-refractivity contribution in [2.75, 3.05) is 13.1 Å². The van der Waals surface area contributed by atoms with Gasteiger partial charge in [0.05, 0.1) is 12.1 Å². The van der Waals surface area contributed by atoms with Gasteiger partial charge in [0.25, 0.3) is 0 Å². The van der Waals surface area contributed by atoms with Crippen LogP contribution in [0.4, 0.5) is 4.39 Å². The summed E-state index contributed by atoms with van der Waals surface area (Å²) in [7, 11) is 0. The summed E-state index contributed by atoms with van der Waals surface area (Å²) in [4.78, 5) is 14.5. The monoisotopic (exact) mass is 381 g/mol. The lowest BCUT2D eigenvalue weighted by Gasteiger charge is -2.32. The standard InChI is InChI=1S/C20H20FN5O2/c21-16-2-1-3-19(13-16)28-18-8-10-25(11-9-18)20(27)12-15-4-6-17(7-5-15)26-14-22-23-24-26/h1-7,13-14,18H,8-12H2. The van der Waals surface area contributed by atoms with Crippen molar-refractivity contribution in [3.63, 3.8) is 0 Å². The molecule has 1 aromatic heterocycles. The molecular weight excluding hydrogens is 361 g/mol. The Bertz CT molecular complexity index is 922. The highest BCUT2D eigenvalue weighted by Gasteiger charge is 2.24. The van der Waals surface area contributed by atoms with Crippen LogP contribution < -0.4 is 4.74 Å². The van der Waals surface area contributed by atoms with Crippen molar-refractivity contribution in [2.45, 2.75) is 25.4 Å². The van der Waals surface area contributed by atoms with Gasteiger partial charge in [0.2, 0.25) is 5.91 Å². The van der Waals surface area contributed by atoms with E-state index in [1.165, 1.54) is 18.5 Å². The Morgan fingerprint density at radius 3 is 2.61 bits per heavy atom. The Morgan fingerprint density at radius 1 is 1.14 bits per heavy atom. The van der Waals surface area contributed by atoms with E-state index in [1.54, 1.807) is 16.8 Å². The Labute approximate surface area is 161 Å². The first-order valence-corrected chi connectivity index (χ1v) is 9.20. The molecule has 4 rings (SSSR count). The second-order valence-electron chi connectivity index (χ2n) is 6.75. The summed E-state index contributed by atoms with van der Waals surface area (Å²) < 4.78 is 20.7. The molecule has 0 saturated carbocycles. The average Bonchev–Trinajstić information content (AvgIpc) is 3.24. The van der Waals surface area contributed by atoms with E-state index in [0.717, 1.165) is 24.1 Å². The molecule has 28 heavy (non-hydrogen) atoms. The Hall–Kier alpha value is -3.29. The summed E-state index contributed by atoms with van der Waals surface area (Å²) in [6, 6.07) is 13.8. The van der Waals surface area contributed by atoms with Gasteiger partial charge in [-0.3, -0.25) is 4.79 Å². The predicted octanol–water partition coefficient (Wildman–Crippen LogP) is 2.41. The normalized spacial score (nSPS) is 14.8. The first kappa shape index (κ1) is 18.1. The van der Waals surface area contributed by atoms with Crippen molar-refractivity contribution in [1.82, 2.24) is 25.1 Å². The van der Waals surface area contributed by atoms with E-state index in [-0.39, 0.29) is 17.8 Å². The SMILES string of the molecule is O=C(Cc1ccc(-n2cnnn2)cc1)N1CCC(Oc2cccc(F)c2)CC1. The largest absolute Gasteiger partial charge is 0.490 e. The van der Waals surface area contributed by atoms with Crippen LogP contribution in [-0.4, -0.2) is 50.2 Å². The maximum absolute atomic E-state index is 13.3. The summed E-state index contributed by atoms with van der Waals surface area (Å²) >= 11 is 0. The third kappa shape index (κ3) is 4.33. The van der Waals surface area contributed by atoms with Crippen LogP contribution in [0, 0.1) is 5.82 Å². The summed E-state index contributed by atoms with van der Waals surface area (Å²) in [5.41, 5.74) is 1.79. The zero-order chi connectivity index (χ0) is 19.3. The van der Waals surface area contributed by atoms with Gasteiger partial charge in [0.1, 0.15) is 24.0 Å². The third-order valence-electron chi connectivity index (χ3n) is 4.80. The van der Waals surface area contributed by atoms with E-state index in [4.69, 9.17) is 4.74 Å². The summed E-state index contributed by atoms with van der Waals surface area (Å²) in [5, 5.41) is 11.1. The minimum atomic E-state index is -0.309. The number of ether oxygens (including phenoxy) is 1. The molecule has 1 fully saturated rings. The number of piperidine rings is 1. The fourth-order valence-electron chi connectivity index (χ4n) is 3.29. The molecule has 0 bridgehead atoms. The van der Waals surface area contributed by atoms with Gasteiger partial charge in [0.15, 0.2) is 0 Å². The van der Waals surface area contributed by atoms with Crippen molar-refractivity contribution >= 4 is 5.91 Å². The molecule has 1 saturated heterocycles. The van der Waals surface area contributed by atoms with Crippen LogP contribution in [0.2, 0.25) is 0 Å². The number of carbonyl (C=O) groups excluding carboxylic acids is 1. The van der Waals surface area contributed by atoms with Crippen LogP contribution in [0.25, 0.3) is 5.69 Å². The van der Waals surface area contributed by atoms with Crippen molar-refractivity contribution in [3.8, 4) is 11.4 Å². The zero-order valence-corrected chi connectivity index (χ0v) is 15.2. The number of aromatic nitrogens is 4. The molecular formula is C20H20FN5O2. The second-order valence-corrected chi connectivity index (χ2v) is 6.75. The molecule has 1 aliphatic heterocycles. The van der Waals surface area contributed by atoms with E-state index in [2.05, 4.69) is 15.5 Å². The summed E-state index contributed by atoms with van der Waals surface area (Å²) in [6.07, 6.45) is 3.35. The Balaban J connectivity index is 1.28. The summed E-state index contributed by atoms with van der Waals surface area (Å²) in [5.74, 6) is 0.322. The quantitative estimate of drug-likeness (QED) is 0.679. The fourth-order valence-corrected chi connectivity index (χ4v) is 3.29. The molecule has 1 aliphatic rings. The minimum absolute atomic E-state index is 0.00132. The second kappa shape index (κ2) is 8.16. The van der Waals surface area contributed by atoms with Gasteiger partial charge in [-0.05, 0) is 40.3 Å². The lowest BCUT2D eigenvalue weighted by Crippen LogP contribution is -2.42. The molecule has 2 heterocycles. The molecule has 2 aromatic carbocycles. The van der Waals surface area contributed by atoms with Crippen LogP contribution in [-0.2, 0) is 11.2 Å². The van der Waals surface area contributed by atoms with Gasteiger partial charge in [-0.1, -0.05) is 18.2 Å². The molecule has 7 nitrogen and oxygen atoms in total. The number of halogens is 1. The van der Waals surface area contributed by atoms with E-state index in [1.807, 2.05) is 29.2 Å². The highest BCUT2D eigenvalue weighted by molar-refractivity contribution is 5.79. The van der Waals surface area contributed by atoms with Crippen molar-refractivity contribution in [2.24, 2.45) is 0 Å². The number of nitrogens with zero attached hydrogens (tertiary/aromatic N) is 5. The predicted molar refractivity (Wildman–Crippen MR) is 99.5 cm³/mol. The van der Waals surface area contributed by atoms with Gasteiger partial charge in [0, 0.05) is 32.0 Å². The molecule has 0 atom stereocenters. The summed E-state index contributed by atoms with van der Waals surface area (Å²) in [6.45, 7) is 1.28. The number of benzene rings is 2. The third-order valence-corrected chi connectivity index (χ3v) is 4.80. The van der Waals surface area contributed by atoms with Crippen LogP contribution >= 0.6 is 0 Å². The first-order valence-electron chi connectivity index (χ1n) is 9.20. The van der Waals surface area contributed by atoms with Gasteiger partial charge >= 0.3 is 0 Å². The van der Waals surface area contributed by atoms with Crippen molar-refractivity contribution in [3.05, 3.63) is 66.2 Å². The van der Waals surface area contributed by atoms with E-state index < -0.39 is 0 Å². The topological polar surface area (TPSA) is 73.1 Å². The smallest absolute Gasteiger partial charge is 0.226 e. The molecule has 3 aromatic rings. The van der Waals surface area contributed by atoms with Crippen molar-refractivity contribution in [1.29, 1.82) is 0 Å². The highest BCUT2D eigenvalue weighted by atomic mass is 19.1. The Kier molecular flexibility index (Phi) is 5.27. The molecule has 0 spiro atoms. The maximum atomic E-state index is 13.3. The maximum Gasteiger partial charge on any atom is 0.226 e. The van der Waals surface area contributed by atoms with Gasteiger partial charge in [-0.15, -0.1) is 5.10 Å². The van der Waals surface area contributed by atoms with Crippen LogP contribution in [0.5, 0.6) is 5.75 Å². The van der Waals surface area contributed by atoms with E-state index in [9.17, 15) is 9.18 Å². The van der Waals surface area contributed by atoms with Crippen LogP contribution in [0.15, 0.2) is 54.9 Å². The van der Waals surface area contributed by atoms with E-state index in [0.29, 0.717) is 25.3 Å². The molecule has 0 unspecified atom stereocenters. The minimum Gasteiger partial charge on any atom is -0.490 e. The van der Waals surface area contributed by atoms with Gasteiger partial charge < -0.3 is 9.64 Å². The molecule has 8 heteroatoms. The number of tetrazole rings is 1. The molecule has 0 radical (unpaired) electrons.